The highest BCUT2D eigenvalue weighted by Gasteiger charge is 2.17. The minimum atomic E-state index is -3.46. The number of nitrogens with zero attached hydrogens (tertiary/aromatic N) is 3. The van der Waals surface area contributed by atoms with E-state index in [9.17, 15) is 8.42 Å². The van der Waals surface area contributed by atoms with Crippen LogP contribution in [0.1, 0.15) is 18.4 Å². The molecule has 0 bridgehead atoms. The summed E-state index contributed by atoms with van der Waals surface area (Å²) in [6.07, 6.45) is 6.56. The number of imidazole rings is 1. The van der Waals surface area contributed by atoms with Crippen LogP contribution in [0.3, 0.4) is 0 Å². The smallest absolute Gasteiger partial charge is 0.233 e. The summed E-state index contributed by atoms with van der Waals surface area (Å²) in [5.74, 6) is 0.593. The van der Waals surface area contributed by atoms with E-state index in [-0.39, 0.29) is 11.7 Å². The molecule has 24 heavy (non-hydrogen) atoms. The third-order valence-electron chi connectivity index (χ3n) is 3.63. The summed E-state index contributed by atoms with van der Waals surface area (Å²) in [6, 6.07) is 13.0. The zero-order chi connectivity index (χ0) is 17.0. The van der Waals surface area contributed by atoms with Crippen molar-refractivity contribution in [2.75, 3.05) is 10.5 Å². The van der Waals surface area contributed by atoms with E-state index >= 15 is 0 Å². The van der Waals surface area contributed by atoms with Crippen molar-refractivity contribution < 1.29 is 8.42 Å². The molecule has 6 nitrogen and oxygen atoms in total. The maximum absolute atomic E-state index is 12.3. The van der Waals surface area contributed by atoms with Crippen LogP contribution in [0, 0.1) is 0 Å². The average molecular weight is 342 g/mol. The molecule has 2 heterocycles. The summed E-state index contributed by atoms with van der Waals surface area (Å²) < 4.78 is 29.0. The van der Waals surface area contributed by atoms with Gasteiger partial charge in [0.25, 0.3) is 0 Å². The maximum Gasteiger partial charge on any atom is 0.233 e. The Hall–Kier alpha value is -2.67. The molecule has 3 rings (SSSR count). The third-order valence-corrected chi connectivity index (χ3v) is 5.11. The summed E-state index contributed by atoms with van der Waals surface area (Å²) in [6.45, 7) is 1.90. The fourth-order valence-corrected chi connectivity index (χ4v) is 3.84. The molecule has 1 atom stereocenters. The van der Waals surface area contributed by atoms with Crippen LogP contribution in [0.15, 0.2) is 67.4 Å². The fourth-order valence-electron chi connectivity index (χ4n) is 2.42. The van der Waals surface area contributed by atoms with Crippen molar-refractivity contribution in [3.63, 3.8) is 0 Å². The summed E-state index contributed by atoms with van der Waals surface area (Å²) in [7, 11) is -3.46. The Labute approximate surface area is 141 Å². The highest BCUT2D eigenvalue weighted by molar-refractivity contribution is 7.92. The van der Waals surface area contributed by atoms with Crippen molar-refractivity contribution in [1.29, 1.82) is 0 Å². The molecule has 0 aliphatic heterocycles. The first-order chi connectivity index (χ1) is 11.5. The van der Waals surface area contributed by atoms with E-state index in [1.807, 2.05) is 37.3 Å². The third kappa shape index (κ3) is 3.99. The first-order valence-corrected chi connectivity index (χ1v) is 9.18. The van der Waals surface area contributed by atoms with Crippen molar-refractivity contribution in [1.82, 2.24) is 14.5 Å². The van der Waals surface area contributed by atoms with Gasteiger partial charge in [0, 0.05) is 12.4 Å². The summed E-state index contributed by atoms with van der Waals surface area (Å²) in [5, 5.41) is 0. The molecular weight excluding hydrogens is 324 g/mol. The molecule has 0 radical (unpaired) electrons. The van der Waals surface area contributed by atoms with Gasteiger partial charge >= 0.3 is 0 Å². The van der Waals surface area contributed by atoms with Gasteiger partial charge in [-0.25, -0.2) is 18.4 Å². The molecule has 0 saturated carbocycles. The van der Waals surface area contributed by atoms with Crippen LogP contribution < -0.4 is 4.72 Å². The second-order valence-electron chi connectivity index (χ2n) is 5.57. The molecule has 2 aromatic heterocycles. The van der Waals surface area contributed by atoms with Crippen molar-refractivity contribution in [3.05, 3.63) is 72.9 Å². The van der Waals surface area contributed by atoms with Crippen LogP contribution in [0.5, 0.6) is 0 Å². The summed E-state index contributed by atoms with van der Waals surface area (Å²) in [4.78, 5) is 8.19. The highest BCUT2D eigenvalue weighted by atomic mass is 32.2. The Morgan fingerprint density at radius 1 is 1.17 bits per heavy atom. The van der Waals surface area contributed by atoms with E-state index in [0.717, 1.165) is 5.56 Å². The number of sulfonamides is 1. The van der Waals surface area contributed by atoms with Crippen molar-refractivity contribution in [2.24, 2.45) is 0 Å². The van der Waals surface area contributed by atoms with Crippen LogP contribution in [0.25, 0.3) is 5.82 Å². The number of hydrogen-bond donors (Lipinski definition) is 1. The van der Waals surface area contributed by atoms with E-state index in [4.69, 9.17) is 0 Å². The van der Waals surface area contributed by atoms with Gasteiger partial charge in [-0.3, -0.25) is 9.29 Å². The lowest BCUT2D eigenvalue weighted by Gasteiger charge is -2.14. The van der Waals surface area contributed by atoms with E-state index in [0.29, 0.717) is 11.5 Å². The van der Waals surface area contributed by atoms with Crippen LogP contribution in [-0.4, -0.2) is 28.7 Å². The van der Waals surface area contributed by atoms with Crippen LogP contribution in [0.2, 0.25) is 0 Å². The zero-order valence-electron chi connectivity index (χ0n) is 13.2. The molecule has 1 unspecified atom stereocenters. The van der Waals surface area contributed by atoms with Crippen LogP contribution >= 0.6 is 0 Å². The first kappa shape index (κ1) is 16.2. The molecule has 0 saturated heterocycles. The fraction of sp³-hybridized carbons (Fsp3) is 0.176. The second kappa shape index (κ2) is 6.84. The largest absolute Gasteiger partial charge is 0.291 e. The molecule has 3 aromatic rings. The number of hydrogen-bond acceptors (Lipinski definition) is 4. The molecule has 7 heteroatoms. The van der Waals surface area contributed by atoms with Crippen LogP contribution in [-0.2, 0) is 10.0 Å². The molecule has 0 spiro atoms. The van der Waals surface area contributed by atoms with E-state index in [2.05, 4.69) is 14.7 Å². The van der Waals surface area contributed by atoms with E-state index in [1.165, 1.54) is 6.20 Å². The average Bonchev–Trinajstić information content (AvgIpc) is 3.10. The molecule has 1 N–H and O–H groups in total. The second-order valence-corrected chi connectivity index (χ2v) is 7.34. The van der Waals surface area contributed by atoms with E-state index in [1.54, 1.807) is 35.4 Å². The van der Waals surface area contributed by atoms with E-state index < -0.39 is 10.0 Å². The highest BCUT2D eigenvalue weighted by Crippen LogP contribution is 2.18. The molecule has 0 amide bonds. The van der Waals surface area contributed by atoms with Gasteiger partial charge in [-0.15, -0.1) is 0 Å². The number of rotatable bonds is 6. The van der Waals surface area contributed by atoms with Gasteiger partial charge in [-0.2, -0.15) is 0 Å². The normalized spacial score (nSPS) is 12.7. The Balaban J connectivity index is 1.68. The van der Waals surface area contributed by atoms with Crippen molar-refractivity contribution >= 4 is 15.7 Å². The predicted molar refractivity (Wildman–Crippen MR) is 93.6 cm³/mol. The quantitative estimate of drug-likeness (QED) is 0.747. The number of nitrogens with one attached hydrogen (secondary N) is 1. The van der Waals surface area contributed by atoms with Gasteiger partial charge < -0.3 is 0 Å². The number of benzene rings is 1. The van der Waals surface area contributed by atoms with Gasteiger partial charge in [0.1, 0.15) is 12.1 Å². The number of aromatic nitrogens is 3. The first-order valence-electron chi connectivity index (χ1n) is 7.53. The van der Waals surface area contributed by atoms with Gasteiger partial charge in [-0.1, -0.05) is 37.3 Å². The molecule has 0 fully saturated rings. The number of pyridine rings is 1. The maximum atomic E-state index is 12.3. The summed E-state index contributed by atoms with van der Waals surface area (Å²) in [5.41, 5.74) is 1.44. The Bertz CT molecular complexity index is 876. The molecule has 124 valence electrons. The Kier molecular flexibility index (Phi) is 4.61. The minimum absolute atomic E-state index is 0.0142. The van der Waals surface area contributed by atoms with Gasteiger partial charge in [-0.05, 0) is 23.6 Å². The SMILES string of the molecule is CC(CS(=O)(=O)Nc1ccc(-n2ccnc2)nc1)c1ccccc1. The lowest BCUT2D eigenvalue weighted by atomic mass is 10.0. The van der Waals surface area contributed by atoms with Crippen molar-refractivity contribution in [3.8, 4) is 5.82 Å². The molecular formula is C17H18N4O2S. The molecule has 0 aliphatic carbocycles. The minimum Gasteiger partial charge on any atom is -0.291 e. The lowest BCUT2D eigenvalue weighted by molar-refractivity contribution is 0.595. The van der Waals surface area contributed by atoms with Crippen LogP contribution in [0.4, 0.5) is 5.69 Å². The van der Waals surface area contributed by atoms with Gasteiger partial charge in [0.05, 0.1) is 17.6 Å². The van der Waals surface area contributed by atoms with Gasteiger partial charge in [0.2, 0.25) is 10.0 Å². The zero-order valence-corrected chi connectivity index (χ0v) is 14.0. The molecule has 0 aliphatic rings. The molecule has 1 aromatic carbocycles. The Morgan fingerprint density at radius 3 is 2.58 bits per heavy atom. The Morgan fingerprint density at radius 2 is 1.96 bits per heavy atom. The van der Waals surface area contributed by atoms with Crippen molar-refractivity contribution in [2.45, 2.75) is 12.8 Å². The topological polar surface area (TPSA) is 76.9 Å². The summed E-state index contributed by atoms with van der Waals surface area (Å²) >= 11 is 0. The van der Waals surface area contributed by atoms with Gasteiger partial charge in [0.15, 0.2) is 0 Å². The predicted octanol–water partition coefficient (Wildman–Crippen LogP) is 2.81. The monoisotopic (exact) mass is 342 g/mol. The number of anilines is 1. The standard InChI is InChI=1S/C17H18N4O2S/c1-14(15-5-3-2-4-6-15)12-24(22,23)20-16-7-8-17(19-11-16)21-10-9-18-13-21/h2-11,13-14,20H,12H2,1H3. The lowest BCUT2D eigenvalue weighted by Crippen LogP contribution is -2.20.